The maximum Gasteiger partial charge on any atom is 0.410 e. The molecule has 1 atom stereocenters. The lowest BCUT2D eigenvalue weighted by molar-refractivity contribution is -0.00577. The van der Waals surface area contributed by atoms with Gasteiger partial charge in [0.1, 0.15) is 10.6 Å². The monoisotopic (exact) mass is 318 g/mol. The molecule has 2 heterocycles. The predicted octanol–water partition coefficient (Wildman–Crippen LogP) is 3.59. The third-order valence-corrected chi connectivity index (χ3v) is 4.01. The van der Waals surface area contributed by atoms with Gasteiger partial charge in [-0.15, -0.1) is 11.3 Å². The molecule has 0 aromatic carbocycles. The van der Waals surface area contributed by atoms with Crippen molar-refractivity contribution in [1.82, 2.24) is 9.88 Å². The van der Waals surface area contributed by atoms with Gasteiger partial charge in [0.25, 0.3) is 0 Å². The van der Waals surface area contributed by atoms with E-state index in [0.29, 0.717) is 0 Å². The number of amides is 1. The number of halogens is 1. The summed E-state index contributed by atoms with van der Waals surface area (Å²) in [6, 6.07) is 0.0844. The Labute approximate surface area is 113 Å². The highest BCUT2D eigenvalue weighted by Crippen LogP contribution is 2.37. The van der Waals surface area contributed by atoms with Gasteiger partial charge in [-0.25, -0.2) is 9.78 Å². The Hall–Kier alpha value is -0.620. The molecule has 1 saturated heterocycles. The lowest BCUT2D eigenvalue weighted by atomic mass is 10.1. The first-order valence-corrected chi connectivity index (χ1v) is 7.08. The molecule has 1 aromatic rings. The summed E-state index contributed by atoms with van der Waals surface area (Å²) in [6.45, 7) is 6.37. The molecule has 2 rings (SSSR count). The fraction of sp³-hybridized carbons (Fsp3) is 0.636. The number of hydrogen-bond donors (Lipinski definition) is 0. The molecule has 1 unspecified atom stereocenters. The van der Waals surface area contributed by atoms with Gasteiger partial charge >= 0.3 is 6.09 Å². The summed E-state index contributed by atoms with van der Waals surface area (Å²) in [6.07, 6.45) is 2.48. The minimum Gasteiger partial charge on any atom is -0.444 e. The molecule has 17 heavy (non-hydrogen) atoms. The van der Waals surface area contributed by atoms with Gasteiger partial charge in [0.15, 0.2) is 0 Å². The van der Waals surface area contributed by atoms with Crippen molar-refractivity contribution in [2.24, 2.45) is 0 Å². The topological polar surface area (TPSA) is 42.4 Å². The second-order valence-electron chi connectivity index (χ2n) is 4.98. The van der Waals surface area contributed by atoms with Crippen molar-refractivity contribution < 1.29 is 9.53 Å². The SMILES string of the molecule is CC(C)(C)OC(=O)N1CCC1c1ncc(Br)s1. The number of carbonyl (C=O) groups is 1. The van der Waals surface area contributed by atoms with Gasteiger partial charge in [-0.1, -0.05) is 0 Å². The van der Waals surface area contributed by atoms with E-state index in [1.165, 1.54) is 0 Å². The van der Waals surface area contributed by atoms with Crippen molar-refractivity contribution in [3.8, 4) is 0 Å². The first-order valence-electron chi connectivity index (χ1n) is 5.48. The van der Waals surface area contributed by atoms with Gasteiger partial charge in [-0.3, -0.25) is 4.90 Å². The van der Waals surface area contributed by atoms with Crippen LogP contribution in [0.15, 0.2) is 9.98 Å². The first-order chi connectivity index (χ1) is 7.87. The third-order valence-electron chi connectivity index (χ3n) is 2.43. The molecule has 0 N–H and O–H groups in total. The Bertz CT molecular complexity index is 427. The number of rotatable bonds is 1. The van der Waals surface area contributed by atoms with Crippen LogP contribution in [0, 0.1) is 0 Å². The van der Waals surface area contributed by atoms with Crippen molar-refractivity contribution in [2.75, 3.05) is 6.54 Å². The second kappa shape index (κ2) is 4.57. The molecule has 94 valence electrons. The molecule has 0 spiro atoms. The predicted molar refractivity (Wildman–Crippen MR) is 70.1 cm³/mol. The van der Waals surface area contributed by atoms with Gasteiger partial charge in [0.2, 0.25) is 0 Å². The van der Waals surface area contributed by atoms with Crippen molar-refractivity contribution >= 4 is 33.4 Å². The number of nitrogens with zero attached hydrogens (tertiary/aromatic N) is 2. The molecule has 1 aliphatic heterocycles. The molecular weight excluding hydrogens is 304 g/mol. The van der Waals surface area contributed by atoms with Crippen LogP contribution in [-0.2, 0) is 4.74 Å². The molecule has 4 nitrogen and oxygen atoms in total. The van der Waals surface area contributed by atoms with E-state index in [1.807, 2.05) is 20.8 Å². The van der Waals surface area contributed by atoms with Crippen molar-refractivity contribution in [3.63, 3.8) is 0 Å². The maximum absolute atomic E-state index is 11.9. The van der Waals surface area contributed by atoms with Crippen LogP contribution < -0.4 is 0 Å². The fourth-order valence-corrected chi connectivity index (χ4v) is 3.00. The van der Waals surface area contributed by atoms with E-state index in [0.717, 1.165) is 21.8 Å². The standard InChI is InChI=1S/C11H15BrN2O2S/c1-11(2,3)16-10(15)14-5-4-7(14)9-13-6-8(12)17-9/h6-7H,4-5H2,1-3H3. The van der Waals surface area contributed by atoms with Gasteiger partial charge in [-0.2, -0.15) is 0 Å². The Morgan fingerprint density at radius 1 is 1.65 bits per heavy atom. The van der Waals surface area contributed by atoms with E-state index in [-0.39, 0.29) is 12.1 Å². The van der Waals surface area contributed by atoms with Gasteiger partial charge < -0.3 is 4.74 Å². The smallest absolute Gasteiger partial charge is 0.410 e. The number of aromatic nitrogens is 1. The first kappa shape index (κ1) is 12.8. The minimum atomic E-state index is -0.444. The molecule has 0 aliphatic carbocycles. The van der Waals surface area contributed by atoms with Crippen LogP contribution in [-0.4, -0.2) is 28.1 Å². The van der Waals surface area contributed by atoms with E-state index in [9.17, 15) is 4.79 Å². The summed E-state index contributed by atoms with van der Waals surface area (Å²) in [4.78, 5) is 17.9. The zero-order chi connectivity index (χ0) is 12.6. The molecule has 1 amide bonds. The molecule has 1 aliphatic rings. The van der Waals surface area contributed by atoms with Crippen molar-refractivity contribution in [2.45, 2.75) is 38.8 Å². The molecule has 0 bridgehead atoms. The van der Waals surface area contributed by atoms with E-state index < -0.39 is 5.60 Å². The van der Waals surface area contributed by atoms with E-state index in [2.05, 4.69) is 20.9 Å². The number of hydrogen-bond acceptors (Lipinski definition) is 4. The Balaban J connectivity index is 2.02. The molecule has 0 saturated carbocycles. The second-order valence-corrected chi connectivity index (χ2v) is 7.42. The van der Waals surface area contributed by atoms with Crippen molar-refractivity contribution in [1.29, 1.82) is 0 Å². The lowest BCUT2D eigenvalue weighted by Crippen LogP contribution is -2.47. The summed E-state index contributed by atoms with van der Waals surface area (Å²) >= 11 is 4.95. The van der Waals surface area contributed by atoms with Crippen LogP contribution in [0.2, 0.25) is 0 Å². The summed E-state index contributed by atoms with van der Waals surface area (Å²) < 4.78 is 6.34. The Kier molecular flexibility index (Phi) is 3.45. The molecule has 6 heteroatoms. The van der Waals surface area contributed by atoms with Crippen molar-refractivity contribution in [3.05, 3.63) is 15.0 Å². The zero-order valence-corrected chi connectivity index (χ0v) is 12.5. The average molecular weight is 319 g/mol. The number of thiazole rings is 1. The number of ether oxygens (including phenoxy) is 1. The molecular formula is C11H15BrN2O2S. The number of likely N-dealkylation sites (tertiary alicyclic amines) is 1. The van der Waals surface area contributed by atoms with Crippen LogP contribution in [0.3, 0.4) is 0 Å². The average Bonchev–Trinajstić information content (AvgIpc) is 2.45. The largest absolute Gasteiger partial charge is 0.444 e. The maximum atomic E-state index is 11.9. The van der Waals surface area contributed by atoms with E-state index in [4.69, 9.17) is 4.74 Å². The normalized spacial score (nSPS) is 20.0. The number of carbonyl (C=O) groups excluding carboxylic acids is 1. The summed E-state index contributed by atoms with van der Waals surface area (Å²) in [7, 11) is 0. The summed E-state index contributed by atoms with van der Waals surface area (Å²) in [5, 5.41) is 0.967. The third kappa shape index (κ3) is 2.98. The zero-order valence-electron chi connectivity index (χ0n) is 10.1. The quantitative estimate of drug-likeness (QED) is 0.794. The van der Waals surface area contributed by atoms with Crippen LogP contribution in [0.1, 0.15) is 38.2 Å². The van der Waals surface area contributed by atoms with Crippen LogP contribution in [0.4, 0.5) is 4.79 Å². The highest BCUT2D eigenvalue weighted by atomic mass is 79.9. The molecule has 0 radical (unpaired) electrons. The minimum absolute atomic E-state index is 0.0844. The van der Waals surface area contributed by atoms with Crippen LogP contribution in [0.25, 0.3) is 0 Å². The van der Waals surface area contributed by atoms with Gasteiger partial charge in [-0.05, 0) is 43.1 Å². The summed E-state index contributed by atoms with van der Waals surface area (Å²) in [5.41, 5.74) is -0.444. The van der Waals surface area contributed by atoms with Gasteiger partial charge in [0.05, 0.1) is 16.0 Å². The molecule has 1 fully saturated rings. The molecule has 1 aromatic heterocycles. The fourth-order valence-electron chi connectivity index (χ4n) is 1.60. The van der Waals surface area contributed by atoms with Gasteiger partial charge in [0, 0.05) is 6.54 Å². The highest BCUT2D eigenvalue weighted by Gasteiger charge is 2.37. The van der Waals surface area contributed by atoms with Crippen LogP contribution >= 0.6 is 27.3 Å². The van der Waals surface area contributed by atoms with Crippen LogP contribution in [0.5, 0.6) is 0 Å². The Morgan fingerprint density at radius 3 is 2.76 bits per heavy atom. The van der Waals surface area contributed by atoms with E-state index in [1.54, 1.807) is 22.4 Å². The Morgan fingerprint density at radius 2 is 2.35 bits per heavy atom. The van der Waals surface area contributed by atoms with E-state index >= 15 is 0 Å². The highest BCUT2D eigenvalue weighted by molar-refractivity contribution is 9.11. The summed E-state index contributed by atoms with van der Waals surface area (Å²) in [5.74, 6) is 0. The lowest BCUT2D eigenvalue weighted by Gasteiger charge is -2.40.